The zero-order chi connectivity index (χ0) is 14.7. The molecule has 0 fully saturated rings. The first-order valence-corrected chi connectivity index (χ1v) is 6.33. The zero-order valence-electron chi connectivity index (χ0n) is 10.9. The van der Waals surface area contributed by atoms with E-state index in [9.17, 15) is 8.78 Å². The maximum absolute atomic E-state index is 12.5. The lowest BCUT2D eigenvalue weighted by Gasteiger charge is -2.07. The SMILES string of the molecule is FC(F)c1ccc(Nn2ccc(-c3cccnc3)n2)cc1. The largest absolute Gasteiger partial charge is 0.278 e. The van der Waals surface area contributed by atoms with Crippen molar-refractivity contribution in [3.63, 3.8) is 0 Å². The van der Waals surface area contributed by atoms with Crippen molar-refractivity contribution < 1.29 is 8.78 Å². The number of anilines is 1. The second-order valence-corrected chi connectivity index (χ2v) is 4.42. The van der Waals surface area contributed by atoms with Gasteiger partial charge in [-0.1, -0.05) is 12.1 Å². The van der Waals surface area contributed by atoms with E-state index < -0.39 is 6.43 Å². The van der Waals surface area contributed by atoms with Crippen molar-refractivity contribution >= 4 is 5.69 Å². The van der Waals surface area contributed by atoms with Gasteiger partial charge >= 0.3 is 0 Å². The smallest absolute Gasteiger partial charge is 0.263 e. The summed E-state index contributed by atoms with van der Waals surface area (Å²) < 4.78 is 24.9. The number of hydrogen-bond acceptors (Lipinski definition) is 3. The molecule has 0 aliphatic heterocycles. The number of aromatic nitrogens is 3. The van der Waals surface area contributed by atoms with E-state index in [2.05, 4.69) is 15.5 Å². The Kier molecular flexibility index (Phi) is 3.59. The molecule has 6 heteroatoms. The van der Waals surface area contributed by atoms with Crippen LogP contribution in [0.2, 0.25) is 0 Å². The van der Waals surface area contributed by atoms with Gasteiger partial charge in [-0.3, -0.25) is 10.4 Å². The van der Waals surface area contributed by atoms with Crippen LogP contribution in [0, 0.1) is 0 Å². The number of alkyl halides is 2. The third-order valence-corrected chi connectivity index (χ3v) is 2.95. The van der Waals surface area contributed by atoms with E-state index in [1.54, 1.807) is 30.7 Å². The third kappa shape index (κ3) is 3.05. The summed E-state index contributed by atoms with van der Waals surface area (Å²) in [5, 5.41) is 4.35. The predicted octanol–water partition coefficient (Wildman–Crippen LogP) is 3.76. The summed E-state index contributed by atoms with van der Waals surface area (Å²) in [5.74, 6) is 0. The Bertz CT molecular complexity index is 708. The lowest BCUT2D eigenvalue weighted by molar-refractivity contribution is 0.151. The molecular weight excluding hydrogens is 274 g/mol. The molecule has 0 unspecified atom stereocenters. The fraction of sp³-hybridized carbons (Fsp3) is 0.0667. The van der Waals surface area contributed by atoms with Crippen LogP contribution in [0.3, 0.4) is 0 Å². The zero-order valence-corrected chi connectivity index (χ0v) is 10.9. The van der Waals surface area contributed by atoms with Crippen LogP contribution in [0.4, 0.5) is 14.5 Å². The van der Waals surface area contributed by atoms with Crippen LogP contribution in [0.25, 0.3) is 11.3 Å². The van der Waals surface area contributed by atoms with E-state index in [4.69, 9.17) is 0 Å². The normalized spacial score (nSPS) is 10.8. The molecule has 0 amide bonds. The Hall–Kier alpha value is -2.76. The molecule has 0 saturated carbocycles. The summed E-state index contributed by atoms with van der Waals surface area (Å²) in [6.07, 6.45) is 2.72. The summed E-state index contributed by atoms with van der Waals surface area (Å²) in [4.78, 5) is 5.57. The van der Waals surface area contributed by atoms with Gasteiger partial charge in [0.15, 0.2) is 0 Å². The Morgan fingerprint density at radius 2 is 1.86 bits per heavy atom. The third-order valence-electron chi connectivity index (χ3n) is 2.95. The molecule has 1 aromatic carbocycles. The lowest BCUT2D eigenvalue weighted by atomic mass is 10.2. The van der Waals surface area contributed by atoms with Gasteiger partial charge in [-0.25, -0.2) is 8.78 Å². The van der Waals surface area contributed by atoms with Gasteiger partial charge in [-0.2, -0.15) is 9.89 Å². The first-order chi connectivity index (χ1) is 10.2. The number of pyridine rings is 1. The van der Waals surface area contributed by atoms with Gasteiger partial charge in [0, 0.05) is 29.7 Å². The summed E-state index contributed by atoms with van der Waals surface area (Å²) in [5.41, 5.74) is 5.36. The molecule has 0 bridgehead atoms. The van der Waals surface area contributed by atoms with Gasteiger partial charge in [-0.05, 0) is 30.3 Å². The molecule has 21 heavy (non-hydrogen) atoms. The molecule has 4 nitrogen and oxygen atoms in total. The summed E-state index contributed by atoms with van der Waals surface area (Å²) in [7, 11) is 0. The summed E-state index contributed by atoms with van der Waals surface area (Å²) in [6, 6.07) is 11.6. The fourth-order valence-electron chi connectivity index (χ4n) is 1.89. The van der Waals surface area contributed by atoms with Crippen molar-refractivity contribution in [2.45, 2.75) is 6.43 Å². The minimum absolute atomic E-state index is 0.00272. The molecule has 2 heterocycles. The fourth-order valence-corrected chi connectivity index (χ4v) is 1.89. The molecule has 106 valence electrons. The number of hydrogen-bond donors (Lipinski definition) is 1. The van der Waals surface area contributed by atoms with Crippen molar-refractivity contribution in [2.24, 2.45) is 0 Å². The van der Waals surface area contributed by atoms with Crippen LogP contribution in [-0.2, 0) is 0 Å². The van der Waals surface area contributed by atoms with Gasteiger partial charge in [-0.15, -0.1) is 0 Å². The molecule has 3 aromatic rings. The predicted molar refractivity (Wildman–Crippen MR) is 75.9 cm³/mol. The maximum Gasteiger partial charge on any atom is 0.263 e. The van der Waals surface area contributed by atoms with Crippen molar-refractivity contribution in [3.8, 4) is 11.3 Å². The van der Waals surface area contributed by atoms with Gasteiger partial charge in [0.1, 0.15) is 0 Å². The first-order valence-electron chi connectivity index (χ1n) is 6.33. The van der Waals surface area contributed by atoms with Crippen LogP contribution in [0.1, 0.15) is 12.0 Å². The standard InChI is InChI=1S/C15H12F2N4/c16-15(17)11-3-5-13(6-4-11)19-21-9-7-14(20-21)12-2-1-8-18-10-12/h1-10,15,19H. The molecule has 0 spiro atoms. The Morgan fingerprint density at radius 1 is 1.05 bits per heavy atom. The van der Waals surface area contributed by atoms with Gasteiger partial charge in [0.2, 0.25) is 0 Å². The van der Waals surface area contributed by atoms with E-state index in [0.717, 1.165) is 11.3 Å². The van der Waals surface area contributed by atoms with Crippen LogP contribution >= 0.6 is 0 Å². The minimum atomic E-state index is -2.46. The number of halogens is 2. The van der Waals surface area contributed by atoms with Crippen molar-refractivity contribution in [1.82, 2.24) is 14.9 Å². The minimum Gasteiger partial charge on any atom is -0.278 e. The molecule has 1 N–H and O–H groups in total. The topological polar surface area (TPSA) is 42.7 Å². The number of benzene rings is 1. The van der Waals surface area contributed by atoms with Crippen molar-refractivity contribution in [1.29, 1.82) is 0 Å². The summed E-state index contributed by atoms with van der Waals surface area (Å²) >= 11 is 0. The number of nitrogens with zero attached hydrogens (tertiary/aromatic N) is 3. The van der Waals surface area contributed by atoms with Gasteiger partial charge < -0.3 is 0 Å². The average Bonchev–Trinajstić information content (AvgIpc) is 2.97. The van der Waals surface area contributed by atoms with E-state index in [1.807, 2.05) is 18.2 Å². The second kappa shape index (κ2) is 5.70. The Morgan fingerprint density at radius 3 is 2.52 bits per heavy atom. The van der Waals surface area contributed by atoms with Gasteiger partial charge in [0.25, 0.3) is 6.43 Å². The van der Waals surface area contributed by atoms with E-state index >= 15 is 0 Å². The molecule has 0 aliphatic rings. The van der Waals surface area contributed by atoms with Crippen LogP contribution in [0.5, 0.6) is 0 Å². The molecule has 0 aliphatic carbocycles. The van der Waals surface area contributed by atoms with E-state index in [-0.39, 0.29) is 5.56 Å². The monoisotopic (exact) mass is 286 g/mol. The first kappa shape index (κ1) is 13.2. The highest BCUT2D eigenvalue weighted by Gasteiger charge is 2.06. The highest BCUT2D eigenvalue weighted by Crippen LogP contribution is 2.21. The molecule has 0 saturated heterocycles. The van der Waals surface area contributed by atoms with Crippen LogP contribution in [-0.4, -0.2) is 14.9 Å². The van der Waals surface area contributed by atoms with Crippen LogP contribution < -0.4 is 5.43 Å². The number of nitrogens with one attached hydrogen (secondary N) is 1. The molecule has 0 radical (unpaired) electrons. The van der Waals surface area contributed by atoms with E-state index in [0.29, 0.717) is 5.69 Å². The molecule has 3 rings (SSSR count). The number of rotatable bonds is 4. The molecule has 0 atom stereocenters. The maximum atomic E-state index is 12.5. The average molecular weight is 286 g/mol. The lowest BCUT2D eigenvalue weighted by Crippen LogP contribution is -2.09. The highest BCUT2D eigenvalue weighted by atomic mass is 19.3. The quantitative estimate of drug-likeness (QED) is 0.794. The summed E-state index contributed by atoms with van der Waals surface area (Å²) in [6.45, 7) is 0. The van der Waals surface area contributed by atoms with Crippen LogP contribution in [0.15, 0.2) is 61.1 Å². The Balaban J connectivity index is 1.75. The molecule has 2 aromatic heterocycles. The van der Waals surface area contributed by atoms with Crippen molar-refractivity contribution in [3.05, 3.63) is 66.6 Å². The van der Waals surface area contributed by atoms with Crippen molar-refractivity contribution in [2.75, 3.05) is 5.43 Å². The second-order valence-electron chi connectivity index (χ2n) is 4.42. The molecular formula is C15H12F2N4. The van der Waals surface area contributed by atoms with E-state index in [1.165, 1.54) is 16.9 Å². The van der Waals surface area contributed by atoms with Gasteiger partial charge in [0.05, 0.1) is 11.4 Å². The Labute approximate surface area is 120 Å². The highest BCUT2D eigenvalue weighted by molar-refractivity contribution is 5.57.